The molecular weight excluding hydrogens is 388 g/mol. The second-order valence-electron chi connectivity index (χ2n) is 6.27. The SMILES string of the molecule is CCNC(=O)NC(=O)CSc1nc2ccccc2c(=O)n1-c1ccc(CC)cc1. The van der Waals surface area contributed by atoms with Gasteiger partial charge in [-0.3, -0.25) is 19.5 Å². The highest BCUT2D eigenvalue weighted by molar-refractivity contribution is 7.99. The molecular formula is C21H22N4O3S. The molecule has 0 aliphatic rings. The normalized spacial score (nSPS) is 10.7. The van der Waals surface area contributed by atoms with Crippen LogP contribution >= 0.6 is 11.8 Å². The number of hydrogen-bond donors (Lipinski definition) is 2. The zero-order valence-electron chi connectivity index (χ0n) is 16.3. The van der Waals surface area contributed by atoms with Gasteiger partial charge in [0.1, 0.15) is 0 Å². The first-order chi connectivity index (χ1) is 14.0. The maximum absolute atomic E-state index is 13.2. The molecule has 2 N–H and O–H groups in total. The minimum absolute atomic E-state index is 0.0467. The fourth-order valence-electron chi connectivity index (χ4n) is 2.82. The maximum Gasteiger partial charge on any atom is 0.321 e. The number of rotatable bonds is 6. The van der Waals surface area contributed by atoms with Crippen molar-refractivity contribution < 1.29 is 9.59 Å². The molecule has 0 saturated heterocycles. The van der Waals surface area contributed by atoms with E-state index >= 15 is 0 Å². The fourth-order valence-corrected chi connectivity index (χ4v) is 3.63. The molecule has 3 rings (SSSR count). The Balaban J connectivity index is 1.97. The highest BCUT2D eigenvalue weighted by Gasteiger charge is 2.15. The topological polar surface area (TPSA) is 93.1 Å². The van der Waals surface area contributed by atoms with E-state index < -0.39 is 11.9 Å². The summed E-state index contributed by atoms with van der Waals surface area (Å²) in [6.45, 7) is 4.25. The molecule has 0 aliphatic heterocycles. The Hall–Kier alpha value is -3.13. The van der Waals surface area contributed by atoms with Gasteiger partial charge in [-0.05, 0) is 43.2 Å². The van der Waals surface area contributed by atoms with Crippen molar-refractivity contribution in [1.82, 2.24) is 20.2 Å². The largest absolute Gasteiger partial charge is 0.338 e. The third kappa shape index (κ3) is 4.83. The van der Waals surface area contributed by atoms with Gasteiger partial charge in [0, 0.05) is 6.54 Å². The summed E-state index contributed by atoms with van der Waals surface area (Å²) in [5, 5.41) is 5.65. The number of nitrogens with zero attached hydrogens (tertiary/aromatic N) is 2. The molecule has 150 valence electrons. The summed E-state index contributed by atoms with van der Waals surface area (Å²) in [7, 11) is 0. The Morgan fingerprint density at radius 1 is 1.07 bits per heavy atom. The molecule has 0 spiro atoms. The standard InChI is InChI=1S/C21H22N4O3S/c1-3-14-9-11-15(12-10-14)25-19(27)16-7-5-6-8-17(16)23-21(25)29-13-18(26)24-20(28)22-4-2/h5-12H,3-4,13H2,1-2H3,(H2,22,24,26,28). The van der Waals surface area contributed by atoms with Gasteiger partial charge >= 0.3 is 6.03 Å². The van der Waals surface area contributed by atoms with E-state index in [1.807, 2.05) is 30.3 Å². The van der Waals surface area contributed by atoms with Crippen molar-refractivity contribution in [3.05, 3.63) is 64.4 Å². The molecule has 0 unspecified atom stereocenters. The molecule has 1 aromatic heterocycles. The van der Waals surface area contributed by atoms with Gasteiger partial charge in [-0.2, -0.15) is 0 Å². The van der Waals surface area contributed by atoms with Crippen molar-refractivity contribution in [2.45, 2.75) is 25.4 Å². The molecule has 1 heterocycles. The minimum atomic E-state index is -0.544. The van der Waals surface area contributed by atoms with Gasteiger partial charge in [0.05, 0.1) is 22.3 Å². The van der Waals surface area contributed by atoms with Crippen LogP contribution in [0.15, 0.2) is 58.5 Å². The van der Waals surface area contributed by atoms with E-state index in [0.29, 0.717) is 28.3 Å². The number of amides is 3. The highest BCUT2D eigenvalue weighted by atomic mass is 32.2. The molecule has 7 nitrogen and oxygen atoms in total. The Bertz CT molecular complexity index is 1090. The highest BCUT2D eigenvalue weighted by Crippen LogP contribution is 2.21. The van der Waals surface area contributed by atoms with Crippen LogP contribution in [0.5, 0.6) is 0 Å². The van der Waals surface area contributed by atoms with Gasteiger partial charge < -0.3 is 5.32 Å². The fraction of sp³-hybridized carbons (Fsp3) is 0.238. The van der Waals surface area contributed by atoms with Gasteiger partial charge in [0.2, 0.25) is 5.91 Å². The third-order valence-corrected chi connectivity index (χ3v) is 5.21. The maximum atomic E-state index is 13.2. The summed E-state index contributed by atoms with van der Waals surface area (Å²) in [6, 6.07) is 14.2. The molecule has 8 heteroatoms. The molecule has 0 aliphatic carbocycles. The Morgan fingerprint density at radius 2 is 1.79 bits per heavy atom. The predicted molar refractivity (Wildman–Crippen MR) is 115 cm³/mol. The lowest BCUT2D eigenvalue weighted by molar-refractivity contribution is -0.117. The molecule has 0 saturated carbocycles. The number of para-hydroxylation sites is 1. The van der Waals surface area contributed by atoms with Crippen LogP contribution in [0.4, 0.5) is 4.79 Å². The number of aromatic nitrogens is 2. The smallest absolute Gasteiger partial charge is 0.321 e. The lowest BCUT2D eigenvalue weighted by Gasteiger charge is -2.13. The third-order valence-electron chi connectivity index (χ3n) is 4.27. The van der Waals surface area contributed by atoms with E-state index in [4.69, 9.17) is 0 Å². The number of fused-ring (bicyclic) bond motifs is 1. The summed E-state index contributed by atoms with van der Waals surface area (Å²) in [5.74, 6) is -0.508. The molecule has 0 fully saturated rings. The van der Waals surface area contributed by atoms with Gasteiger partial charge in [-0.15, -0.1) is 0 Å². The van der Waals surface area contributed by atoms with Crippen molar-refractivity contribution in [3.63, 3.8) is 0 Å². The second-order valence-corrected chi connectivity index (χ2v) is 7.21. The van der Waals surface area contributed by atoms with E-state index in [0.717, 1.165) is 23.7 Å². The predicted octanol–water partition coefficient (Wildman–Crippen LogP) is 2.89. The number of urea groups is 1. The molecule has 0 atom stereocenters. The molecule has 0 bridgehead atoms. The van der Waals surface area contributed by atoms with E-state index in [9.17, 15) is 14.4 Å². The van der Waals surface area contributed by atoms with Crippen LogP contribution < -0.4 is 16.2 Å². The zero-order valence-corrected chi connectivity index (χ0v) is 17.1. The lowest BCUT2D eigenvalue weighted by Crippen LogP contribution is -2.40. The summed E-state index contributed by atoms with van der Waals surface area (Å²) in [5.41, 5.74) is 2.19. The van der Waals surface area contributed by atoms with Gasteiger partial charge in [-0.1, -0.05) is 43.0 Å². The van der Waals surface area contributed by atoms with Crippen molar-refractivity contribution in [2.75, 3.05) is 12.3 Å². The lowest BCUT2D eigenvalue weighted by atomic mass is 10.1. The van der Waals surface area contributed by atoms with Crippen LogP contribution in [-0.2, 0) is 11.2 Å². The number of hydrogen-bond acceptors (Lipinski definition) is 5. The van der Waals surface area contributed by atoms with Gasteiger partial charge in [0.25, 0.3) is 5.56 Å². The quantitative estimate of drug-likeness (QED) is 0.481. The summed E-state index contributed by atoms with van der Waals surface area (Å²) in [6.07, 6.45) is 0.896. The van der Waals surface area contributed by atoms with Crippen LogP contribution in [-0.4, -0.2) is 33.8 Å². The van der Waals surface area contributed by atoms with Crippen LogP contribution in [0, 0.1) is 0 Å². The van der Waals surface area contributed by atoms with Crippen molar-refractivity contribution >= 4 is 34.6 Å². The Kier molecular flexibility index (Phi) is 6.66. The molecule has 29 heavy (non-hydrogen) atoms. The number of carbonyl (C=O) groups excluding carboxylic acids is 2. The van der Waals surface area contributed by atoms with Crippen molar-refractivity contribution in [3.8, 4) is 5.69 Å². The van der Waals surface area contributed by atoms with E-state index in [1.165, 1.54) is 4.57 Å². The summed E-state index contributed by atoms with van der Waals surface area (Å²) < 4.78 is 1.51. The van der Waals surface area contributed by atoms with Crippen LogP contribution in [0.1, 0.15) is 19.4 Å². The first-order valence-corrected chi connectivity index (χ1v) is 10.3. The van der Waals surface area contributed by atoms with E-state index in [2.05, 4.69) is 22.5 Å². The number of aryl methyl sites for hydroxylation is 1. The van der Waals surface area contributed by atoms with Crippen molar-refractivity contribution in [2.24, 2.45) is 0 Å². The Morgan fingerprint density at radius 3 is 2.48 bits per heavy atom. The molecule has 3 amide bonds. The summed E-state index contributed by atoms with van der Waals surface area (Å²) >= 11 is 1.11. The van der Waals surface area contributed by atoms with E-state index in [-0.39, 0.29) is 11.3 Å². The average Bonchev–Trinajstić information content (AvgIpc) is 2.73. The number of thioether (sulfide) groups is 1. The number of carbonyl (C=O) groups is 2. The minimum Gasteiger partial charge on any atom is -0.338 e. The van der Waals surface area contributed by atoms with Crippen molar-refractivity contribution in [1.29, 1.82) is 0 Å². The molecule has 3 aromatic rings. The average molecular weight is 410 g/mol. The van der Waals surface area contributed by atoms with Gasteiger partial charge in [-0.25, -0.2) is 9.78 Å². The Labute approximate surface area is 172 Å². The number of benzene rings is 2. The van der Waals surface area contributed by atoms with Crippen LogP contribution in [0.2, 0.25) is 0 Å². The second kappa shape index (κ2) is 9.38. The zero-order chi connectivity index (χ0) is 20.8. The van der Waals surface area contributed by atoms with Gasteiger partial charge in [0.15, 0.2) is 5.16 Å². The number of imide groups is 1. The summed E-state index contributed by atoms with van der Waals surface area (Å²) in [4.78, 5) is 41.3. The number of nitrogens with one attached hydrogen (secondary N) is 2. The monoisotopic (exact) mass is 410 g/mol. The molecule has 0 radical (unpaired) electrons. The molecule has 2 aromatic carbocycles. The first-order valence-electron chi connectivity index (χ1n) is 9.35. The van der Waals surface area contributed by atoms with Crippen LogP contribution in [0.25, 0.3) is 16.6 Å². The first kappa shape index (κ1) is 20.6. The van der Waals surface area contributed by atoms with Crippen LogP contribution in [0.3, 0.4) is 0 Å². The van der Waals surface area contributed by atoms with E-state index in [1.54, 1.807) is 25.1 Å².